The summed E-state index contributed by atoms with van der Waals surface area (Å²) in [4.78, 5) is 13.5. The Kier molecular flexibility index (Phi) is 3.92. The Hall–Kier alpha value is -2.45. The standard InChI is InChI=1S/C12H12F3N5O/c1-7(10-16-18-19-17-10)20(2)11(21)8-3-5-9(6-4-8)12(13,14)15/h3-7H,1-2H3,(H,16,17,18,19). The van der Waals surface area contributed by atoms with Gasteiger partial charge in [-0.15, -0.1) is 10.2 Å². The monoisotopic (exact) mass is 299 g/mol. The number of nitrogens with one attached hydrogen (secondary N) is 1. The molecule has 0 saturated carbocycles. The highest BCUT2D eigenvalue weighted by Gasteiger charge is 2.30. The summed E-state index contributed by atoms with van der Waals surface area (Å²) in [7, 11) is 1.51. The van der Waals surface area contributed by atoms with Crippen LogP contribution in [0, 0.1) is 0 Å². The van der Waals surface area contributed by atoms with Gasteiger partial charge >= 0.3 is 6.18 Å². The molecule has 0 aliphatic rings. The van der Waals surface area contributed by atoms with Crippen molar-refractivity contribution in [2.45, 2.75) is 19.1 Å². The van der Waals surface area contributed by atoms with Gasteiger partial charge in [0.05, 0.1) is 11.6 Å². The van der Waals surface area contributed by atoms with Gasteiger partial charge in [0.15, 0.2) is 5.82 Å². The van der Waals surface area contributed by atoms with Crippen LogP contribution in [0.1, 0.15) is 34.7 Å². The predicted octanol–water partition coefficient (Wildman–Crippen LogP) is 2.05. The van der Waals surface area contributed by atoms with Crippen molar-refractivity contribution >= 4 is 5.91 Å². The maximum absolute atomic E-state index is 12.5. The average molecular weight is 299 g/mol. The van der Waals surface area contributed by atoms with Gasteiger partial charge in [0.2, 0.25) is 0 Å². The summed E-state index contributed by atoms with van der Waals surface area (Å²) in [5.41, 5.74) is -0.645. The molecule has 1 heterocycles. The number of hydrogen-bond acceptors (Lipinski definition) is 4. The Bertz CT molecular complexity index is 609. The van der Waals surface area contributed by atoms with E-state index in [1.54, 1.807) is 6.92 Å². The topological polar surface area (TPSA) is 74.8 Å². The van der Waals surface area contributed by atoms with Crippen molar-refractivity contribution in [3.63, 3.8) is 0 Å². The lowest BCUT2D eigenvalue weighted by atomic mass is 10.1. The Morgan fingerprint density at radius 2 is 1.90 bits per heavy atom. The van der Waals surface area contributed by atoms with Gasteiger partial charge in [0, 0.05) is 12.6 Å². The fourth-order valence-corrected chi connectivity index (χ4v) is 1.70. The number of hydrogen-bond donors (Lipinski definition) is 1. The largest absolute Gasteiger partial charge is 0.416 e. The van der Waals surface area contributed by atoms with Gasteiger partial charge in [0.25, 0.3) is 5.91 Å². The molecule has 6 nitrogen and oxygen atoms in total. The summed E-state index contributed by atoms with van der Waals surface area (Å²) in [6.45, 7) is 1.69. The normalized spacial score (nSPS) is 13.0. The zero-order valence-electron chi connectivity index (χ0n) is 11.2. The van der Waals surface area contributed by atoms with E-state index in [4.69, 9.17) is 0 Å². The molecule has 0 spiro atoms. The molecule has 9 heteroatoms. The fraction of sp³-hybridized carbons (Fsp3) is 0.333. The Balaban J connectivity index is 2.16. The predicted molar refractivity (Wildman–Crippen MR) is 66.1 cm³/mol. The third-order valence-electron chi connectivity index (χ3n) is 3.10. The number of nitrogens with zero attached hydrogens (tertiary/aromatic N) is 4. The smallest absolute Gasteiger partial charge is 0.332 e. The zero-order valence-corrected chi connectivity index (χ0v) is 11.2. The second-order valence-corrected chi connectivity index (χ2v) is 4.44. The number of aromatic nitrogens is 4. The number of benzene rings is 1. The molecule has 1 unspecified atom stereocenters. The molecular formula is C12H12F3N5O. The van der Waals surface area contributed by atoms with Gasteiger partial charge < -0.3 is 4.90 Å². The lowest BCUT2D eigenvalue weighted by molar-refractivity contribution is -0.137. The highest BCUT2D eigenvalue weighted by molar-refractivity contribution is 5.94. The van der Waals surface area contributed by atoms with Crippen LogP contribution in [0.25, 0.3) is 0 Å². The van der Waals surface area contributed by atoms with Gasteiger partial charge in [-0.3, -0.25) is 4.79 Å². The quantitative estimate of drug-likeness (QED) is 0.941. The first-order valence-corrected chi connectivity index (χ1v) is 5.98. The Morgan fingerprint density at radius 3 is 2.38 bits per heavy atom. The molecule has 0 fully saturated rings. The minimum Gasteiger partial charge on any atom is -0.332 e. The Morgan fingerprint density at radius 1 is 1.29 bits per heavy atom. The first-order valence-electron chi connectivity index (χ1n) is 5.98. The zero-order chi connectivity index (χ0) is 15.6. The van der Waals surface area contributed by atoms with Crippen molar-refractivity contribution in [3.8, 4) is 0 Å². The molecule has 21 heavy (non-hydrogen) atoms. The molecule has 2 aromatic rings. The summed E-state index contributed by atoms with van der Waals surface area (Å²) in [5, 5.41) is 13.2. The number of alkyl halides is 3. The average Bonchev–Trinajstić information content (AvgIpc) is 2.98. The van der Waals surface area contributed by atoms with Crippen molar-refractivity contribution in [2.24, 2.45) is 0 Å². The molecule has 0 bridgehead atoms. The highest BCUT2D eigenvalue weighted by atomic mass is 19.4. The first-order chi connectivity index (χ1) is 9.80. The number of rotatable bonds is 3. The van der Waals surface area contributed by atoms with E-state index in [1.165, 1.54) is 11.9 Å². The summed E-state index contributed by atoms with van der Waals surface area (Å²) in [6, 6.07) is 3.58. The Labute approximate surface area is 118 Å². The van der Waals surface area contributed by atoms with Crippen LogP contribution in [0.2, 0.25) is 0 Å². The number of H-pyrrole nitrogens is 1. The minimum absolute atomic E-state index is 0.154. The van der Waals surface area contributed by atoms with Crippen molar-refractivity contribution in [1.29, 1.82) is 0 Å². The van der Waals surface area contributed by atoms with Crippen molar-refractivity contribution in [2.75, 3.05) is 7.05 Å². The van der Waals surface area contributed by atoms with Gasteiger partial charge in [-0.25, -0.2) is 0 Å². The molecule has 1 aromatic carbocycles. The lowest BCUT2D eigenvalue weighted by Gasteiger charge is -2.22. The molecule has 1 amide bonds. The van der Waals surface area contributed by atoms with Crippen molar-refractivity contribution < 1.29 is 18.0 Å². The van der Waals surface area contributed by atoms with E-state index < -0.39 is 23.7 Å². The molecule has 2 rings (SSSR count). The molecule has 0 aliphatic heterocycles. The van der Waals surface area contributed by atoms with E-state index >= 15 is 0 Å². The van der Waals surface area contributed by atoms with Crippen molar-refractivity contribution in [1.82, 2.24) is 25.5 Å². The molecule has 1 N–H and O–H groups in total. The maximum Gasteiger partial charge on any atom is 0.416 e. The van der Waals surface area contributed by atoms with Crippen LogP contribution in [0.4, 0.5) is 13.2 Å². The van der Waals surface area contributed by atoms with E-state index in [1.807, 2.05) is 0 Å². The van der Waals surface area contributed by atoms with Crippen LogP contribution < -0.4 is 0 Å². The number of halogens is 3. The number of carbonyl (C=O) groups is 1. The molecule has 0 aliphatic carbocycles. The van der Waals surface area contributed by atoms with E-state index in [0.717, 1.165) is 24.3 Å². The molecule has 112 valence electrons. The summed E-state index contributed by atoms with van der Waals surface area (Å²) < 4.78 is 37.4. The molecule has 1 aromatic heterocycles. The number of carbonyl (C=O) groups excluding carboxylic acids is 1. The summed E-state index contributed by atoms with van der Waals surface area (Å²) in [5.74, 6) is -0.112. The third-order valence-corrected chi connectivity index (χ3v) is 3.10. The van der Waals surface area contributed by atoms with E-state index in [0.29, 0.717) is 5.82 Å². The highest BCUT2D eigenvalue weighted by Crippen LogP contribution is 2.29. The van der Waals surface area contributed by atoms with E-state index in [9.17, 15) is 18.0 Å². The van der Waals surface area contributed by atoms with Crippen LogP contribution in [0.3, 0.4) is 0 Å². The third kappa shape index (κ3) is 3.18. The SMILES string of the molecule is CC(c1nn[nH]n1)N(C)C(=O)c1ccc(C(F)(F)F)cc1. The van der Waals surface area contributed by atoms with E-state index in [-0.39, 0.29) is 5.56 Å². The second kappa shape index (κ2) is 5.51. The van der Waals surface area contributed by atoms with Crippen LogP contribution >= 0.6 is 0 Å². The van der Waals surface area contributed by atoms with Gasteiger partial charge in [-0.05, 0) is 31.2 Å². The lowest BCUT2D eigenvalue weighted by Crippen LogP contribution is -2.30. The maximum atomic E-state index is 12.5. The minimum atomic E-state index is -4.43. The van der Waals surface area contributed by atoms with Crippen molar-refractivity contribution in [3.05, 3.63) is 41.2 Å². The molecule has 0 saturated heterocycles. The number of tetrazole rings is 1. The van der Waals surface area contributed by atoms with E-state index in [2.05, 4.69) is 20.6 Å². The van der Waals surface area contributed by atoms with Crippen LogP contribution in [-0.4, -0.2) is 38.5 Å². The molecular weight excluding hydrogens is 287 g/mol. The second-order valence-electron chi connectivity index (χ2n) is 4.44. The van der Waals surface area contributed by atoms with Crippen LogP contribution in [0.5, 0.6) is 0 Å². The number of amides is 1. The van der Waals surface area contributed by atoms with Crippen LogP contribution in [-0.2, 0) is 6.18 Å². The summed E-state index contributed by atoms with van der Waals surface area (Å²) >= 11 is 0. The molecule has 0 radical (unpaired) electrons. The van der Waals surface area contributed by atoms with Crippen LogP contribution in [0.15, 0.2) is 24.3 Å². The summed E-state index contributed by atoms with van der Waals surface area (Å²) in [6.07, 6.45) is -4.43. The van der Waals surface area contributed by atoms with Gasteiger partial charge in [0.1, 0.15) is 0 Å². The van der Waals surface area contributed by atoms with Gasteiger partial charge in [-0.2, -0.15) is 18.4 Å². The number of aromatic amines is 1. The fourth-order valence-electron chi connectivity index (χ4n) is 1.70. The first kappa shape index (κ1) is 14.9. The molecule has 1 atom stereocenters. The van der Waals surface area contributed by atoms with Gasteiger partial charge in [-0.1, -0.05) is 5.21 Å².